The number of halogens is 1. The number of hydrogen-bond acceptors (Lipinski definition) is 3. The van der Waals surface area contributed by atoms with Gasteiger partial charge in [0.1, 0.15) is 5.69 Å². The summed E-state index contributed by atoms with van der Waals surface area (Å²) in [5.41, 5.74) is 1.54. The van der Waals surface area contributed by atoms with Gasteiger partial charge in [0.05, 0.1) is 11.5 Å². The molecule has 0 saturated heterocycles. The molecule has 0 radical (unpaired) electrons. The third-order valence-electron chi connectivity index (χ3n) is 2.29. The second-order valence-corrected chi connectivity index (χ2v) is 4.38. The lowest BCUT2D eigenvalue weighted by atomic mass is 10.2. The van der Waals surface area contributed by atoms with Gasteiger partial charge in [-0.25, -0.2) is 0 Å². The molecule has 2 aromatic rings. The fourth-order valence-corrected chi connectivity index (χ4v) is 1.82. The molecule has 6 heteroatoms. The van der Waals surface area contributed by atoms with Gasteiger partial charge in [-0.2, -0.15) is 0 Å². The van der Waals surface area contributed by atoms with Crippen molar-refractivity contribution in [2.45, 2.75) is 6.54 Å². The Kier molecular flexibility index (Phi) is 3.43. The van der Waals surface area contributed by atoms with Gasteiger partial charge in [-0.05, 0) is 24.3 Å². The summed E-state index contributed by atoms with van der Waals surface area (Å²) >= 11 is 3.22. The Morgan fingerprint density at radius 1 is 1.41 bits per heavy atom. The number of rotatable bonds is 4. The second-order valence-electron chi connectivity index (χ2n) is 3.47. The summed E-state index contributed by atoms with van der Waals surface area (Å²) in [7, 11) is 0. The van der Waals surface area contributed by atoms with E-state index in [0.29, 0.717) is 16.7 Å². The van der Waals surface area contributed by atoms with E-state index in [2.05, 4.69) is 26.2 Å². The van der Waals surface area contributed by atoms with Gasteiger partial charge >= 0.3 is 0 Å². The van der Waals surface area contributed by atoms with E-state index in [1.807, 2.05) is 18.3 Å². The standard InChI is InChI=1S/C11H10BrN3O2/c12-8-3-4-10(11(6-8)15(16)17)14-7-9-2-1-5-13-9/h1-6,13-14H,7H2. The molecule has 88 valence electrons. The number of nitrogens with one attached hydrogen (secondary N) is 2. The quantitative estimate of drug-likeness (QED) is 0.671. The number of benzene rings is 1. The average Bonchev–Trinajstić information content (AvgIpc) is 2.80. The highest BCUT2D eigenvalue weighted by Crippen LogP contribution is 2.28. The minimum Gasteiger partial charge on any atom is -0.374 e. The van der Waals surface area contributed by atoms with Crippen LogP contribution in [0.4, 0.5) is 11.4 Å². The molecule has 0 unspecified atom stereocenters. The highest BCUT2D eigenvalue weighted by atomic mass is 79.9. The molecular weight excluding hydrogens is 286 g/mol. The van der Waals surface area contributed by atoms with Gasteiger partial charge in [-0.3, -0.25) is 10.1 Å². The Morgan fingerprint density at radius 3 is 2.88 bits per heavy atom. The zero-order valence-corrected chi connectivity index (χ0v) is 10.4. The van der Waals surface area contributed by atoms with Crippen LogP contribution in [0.2, 0.25) is 0 Å². The lowest BCUT2D eigenvalue weighted by Crippen LogP contribution is -2.02. The van der Waals surface area contributed by atoms with Crippen molar-refractivity contribution in [1.82, 2.24) is 4.98 Å². The monoisotopic (exact) mass is 295 g/mol. The van der Waals surface area contributed by atoms with E-state index in [-0.39, 0.29) is 5.69 Å². The van der Waals surface area contributed by atoms with Crippen molar-refractivity contribution in [2.24, 2.45) is 0 Å². The molecule has 0 atom stereocenters. The summed E-state index contributed by atoms with van der Waals surface area (Å²) in [6.45, 7) is 0.523. The van der Waals surface area contributed by atoms with E-state index in [1.54, 1.807) is 12.1 Å². The number of nitro groups is 1. The number of anilines is 1. The number of H-pyrrole nitrogens is 1. The maximum atomic E-state index is 10.9. The van der Waals surface area contributed by atoms with Crippen LogP contribution in [-0.2, 0) is 6.54 Å². The molecule has 17 heavy (non-hydrogen) atoms. The molecule has 2 N–H and O–H groups in total. The number of nitro benzene ring substituents is 1. The van der Waals surface area contributed by atoms with Crippen LogP contribution in [0.3, 0.4) is 0 Å². The Morgan fingerprint density at radius 2 is 2.24 bits per heavy atom. The molecule has 0 saturated carbocycles. The summed E-state index contributed by atoms with van der Waals surface area (Å²) in [6, 6.07) is 8.73. The first-order valence-electron chi connectivity index (χ1n) is 4.97. The molecule has 0 aliphatic carbocycles. The third kappa shape index (κ3) is 2.85. The molecule has 0 aliphatic rings. The topological polar surface area (TPSA) is 71.0 Å². The summed E-state index contributed by atoms with van der Waals surface area (Å²) in [4.78, 5) is 13.5. The zero-order valence-electron chi connectivity index (χ0n) is 8.81. The lowest BCUT2D eigenvalue weighted by Gasteiger charge is -2.06. The molecule has 0 aliphatic heterocycles. The van der Waals surface area contributed by atoms with Crippen molar-refractivity contribution in [3.05, 3.63) is 56.8 Å². The fourth-order valence-electron chi connectivity index (χ4n) is 1.47. The molecule has 0 bridgehead atoms. The summed E-state index contributed by atoms with van der Waals surface area (Å²) in [5, 5.41) is 13.9. The van der Waals surface area contributed by atoms with Crippen LogP contribution in [-0.4, -0.2) is 9.91 Å². The van der Waals surface area contributed by atoms with Gasteiger partial charge in [-0.1, -0.05) is 15.9 Å². The Labute approximate surface area is 106 Å². The summed E-state index contributed by atoms with van der Waals surface area (Å²) in [5.74, 6) is 0. The molecule has 0 amide bonds. The van der Waals surface area contributed by atoms with Crippen molar-refractivity contribution >= 4 is 27.3 Å². The highest BCUT2D eigenvalue weighted by Gasteiger charge is 2.13. The highest BCUT2D eigenvalue weighted by molar-refractivity contribution is 9.10. The number of nitrogens with zero attached hydrogens (tertiary/aromatic N) is 1. The minimum atomic E-state index is -0.401. The molecule has 5 nitrogen and oxygen atoms in total. The van der Waals surface area contributed by atoms with Gasteiger partial charge < -0.3 is 10.3 Å². The normalized spacial score (nSPS) is 10.2. The lowest BCUT2D eigenvalue weighted by molar-refractivity contribution is -0.384. The number of aromatic nitrogens is 1. The molecule has 0 fully saturated rings. The first-order chi connectivity index (χ1) is 8.16. The van der Waals surface area contributed by atoms with Crippen LogP contribution >= 0.6 is 15.9 Å². The summed E-state index contributed by atoms with van der Waals surface area (Å²) in [6.07, 6.45) is 1.81. The van der Waals surface area contributed by atoms with Gasteiger partial charge in [0, 0.05) is 22.4 Å². The van der Waals surface area contributed by atoms with Gasteiger partial charge in [-0.15, -0.1) is 0 Å². The minimum absolute atomic E-state index is 0.0610. The molecule has 0 spiro atoms. The largest absolute Gasteiger partial charge is 0.374 e. The molecule has 1 aromatic heterocycles. The van der Waals surface area contributed by atoms with Crippen molar-refractivity contribution in [3.63, 3.8) is 0 Å². The number of aromatic amines is 1. The maximum Gasteiger partial charge on any atom is 0.293 e. The smallest absolute Gasteiger partial charge is 0.293 e. The van der Waals surface area contributed by atoms with Crippen molar-refractivity contribution < 1.29 is 4.92 Å². The van der Waals surface area contributed by atoms with E-state index in [1.165, 1.54) is 6.07 Å². The van der Waals surface area contributed by atoms with Gasteiger partial charge in [0.25, 0.3) is 5.69 Å². The summed E-state index contributed by atoms with van der Waals surface area (Å²) < 4.78 is 0.689. The van der Waals surface area contributed by atoms with Crippen LogP contribution in [0.25, 0.3) is 0 Å². The van der Waals surface area contributed by atoms with E-state index in [9.17, 15) is 10.1 Å². The maximum absolute atomic E-state index is 10.9. The van der Waals surface area contributed by atoms with Crippen molar-refractivity contribution in [3.8, 4) is 0 Å². The van der Waals surface area contributed by atoms with E-state index < -0.39 is 4.92 Å². The van der Waals surface area contributed by atoms with Crippen molar-refractivity contribution in [1.29, 1.82) is 0 Å². The average molecular weight is 296 g/mol. The van der Waals surface area contributed by atoms with Crippen LogP contribution in [0.5, 0.6) is 0 Å². The second kappa shape index (κ2) is 5.01. The van der Waals surface area contributed by atoms with Gasteiger partial charge in [0.15, 0.2) is 0 Å². The van der Waals surface area contributed by atoms with E-state index >= 15 is 0 Å². The van der Waals surface area contributed by atoms with Gasteiger partial charge in [0.2, 0.25) is 0 Å². The predicted molar refractivity (Wildman–Crippen MR) is 68.9 cm³/mol. The van der Waals surface area contributed by atoms with Crippen LogP contribution in [0, 0.1) is 10.1 Å². The molecule has 2 rings (SSSR count). The first-order valence-corrected chi connectivity index (χ1v) is 5.76. The Hall–Kier alpha value is -1.82. The Bertz CT molecular complexity index is 526. The zero-order chi connectivity index (χ0) is 12.3. The third-order valence-corrected chi connectivity index (χ3v) is 2.78. The first kappa shape index (κ1) is 11.7. The molecule has 1 heterocycles. The SMILES string of the molecule is O=[N+]([O-])c1cc(Br)ccc1NCc1ccc[nH]1. The molecule has 1 aromatic carbocycles. The van der Waals surface area contributed by atoms with Crippen LogP contribution in [0.15, 0.2) is 41.0 Å². The Balaban J connectivity index is 2.17. The van der Waals surface area contributed by atoms with Crippen LogP contribution in [0.1, 0.15) is 5.69 Å². The van der Waals surface area contributed by atoms with Crippen molar-refractivity contribution in [2.75, 3.05) is 5.32 Å². The fraction of sp³-hybridized carbons (Fsp3) is 0.0909. The van der Waals surface area contributed by atoms with Crippen LogP contribution < -0.4 is 5.32 Å². The van der Waals surface area contributed by atoms with E-state index in [0.717, 1.165) is 5.69 Å². The molecular formula is C11H10BrN3O2. The predicted octanol–water partition coefficient (Wildman–Crippen LogP) is 3.30. The number of hydrogen-bond donors (Lipinski definition) is 2. The van der Waals surface area contributed by atoms with E-state index in [4.69, 9.17) is 0 Å².